The van der Waals surface area contributed by atoms with Crippen molar-refractivity contribution in [1.82, 2.24) is 20.4 Å². The van der Waals surface area contributed by atoms with Gasteiger partial charge in [0.2, 0.25) is 23.4 Å². The summed E-state index contributed by atoms with van der Waals surface area (Å²) in [6.07, 6.45) is 1.39. The first-order valence-corrected chi connectivity index (χ1v) is 9.86. The van der Waals surface area contributed by atoms with E-state index in [1.807, 2.05) is 44.2 Å². The molecule has 1 aromatic carbocycles. The van der Waals surface area contributed by atoms with Crippen LogP contribution in [0.25, 0.3) is 0 Å². The number of benzene rings is 1. The van der Waals surface area contributed by atoms with Gasteiger partial charge in [-0.3, -0.25) is 9.59 Å². The van der Waals surface area contributed by atoms with Crippen molar-refractivity contribution < 1.29 is 18.8 Å². The van der Waals surface area contributed by atoms with Gasteiger partial charge in [0.25, 0.3) is 0 Å². The number of hydrogen-bond donors (Lipinski definition) is 1. The van der Waals surface area contributed by atoms with E-state index in [0.29, 0.717) is 32.1 Å². The van der Waals surface area contributed by atoms with E-state index in [9.17, 15) is 9.59 Å². The summed E-state index contributed by atoms with van der Waals surface area (Å²) in [6, 6.07) is 9.42. The van der Waals surface area contributed by atoms with Crippen molar-refractivity contribution in [2.24, 2.45) is 0 Å². The maximum absolute atomic E-state index is 12.7. The Labute approximate surface area is 170 Å². The van der Waals surface area contributed by atoms with Crippen LogP contribution in [0.2, 0.25) is 0 Å². The summed E-state index contributed by atoms with van der Waals surface area (Å²) in [5.74, 6) is -0.00620. The van der Waals surface area contributed by atoms with E-state index in [1.165, 1.54) is 0 Å². The van der Waals surface area contributed by atoms with E-state index in [0.717, 1.165) is 12.0 Å². The van der Waals surface area contributed by atoms with Gasteiger partial charge in [0, 0.05) is 19.0 Å². The average molecular weight is 400 g/mol. The molecule has 3 rings (SSSR count). The Kier molecular flexibility index (Phi) is 6.76. The Balaban J connectivity index is 1.48. The van der Waals surface area contributed by atoms with Gasteiger partial charge in [-0.15, -0.1) is 0 Å². The van der Waals surface area contributed by atoms with Gasteiger partial charge in [0.1, 0.15) is 0 Å². The Bertz CT molecular complexity index is 834. The number of Topliss-reactive ketones (excluding diaryl/α,β-unsaturated/α-hetero) is 1. The number of nitrogens with one attached hydrogen (secondary N) is 1. The molecule has 1 N–H and O–H groups in total. The van der Waals surface area contributed by atoms with Crippen molar-refractivity contribution >= 4 is 11.7 Å². The molecule has 29 heavy (non-hydrogen) atoms. The smallest absolute Gasteiger partial charge is 0.240 e. The van der Waals surface area contributed by atoms with Crippen LogP contribution in [0.5, 0.6) is 0 Å². The van der Waals surface area contributed by atoms with Gasteiger partial charge in [0.15, 0.2) is 0 Å². The number of ether oxygens (including phenoxy) is 1. The topological polar surface area (TPSA) is 97.6 Å². The fraction of sp³-hybridized carbons (Fsp3) is 0.524. The Morgan fingerprint density at radius 3 is 2.76 bits per heavy atom. The number of amides is 1. The van der Waals surface area contributed by atoms with Gasteiger partial charge in [-0.05, 0) is 32.3 Å². The average Bonchev–Trinajstić information content (AvgIpc) is 3.35. The summed E-state index contributed by atoms with van der Waals surface area (Å²) in [7, 11) is 0. The molecule has 0 radical (unpaired) electrons. The summed E-state index contributed by atoms with van der Waals surface area (Å²) < 4.78 is 10.7. The maximum Gasteiger partial charge on any atom is 0.240 e. The number of likely N-dealkylation sites (tertiary alicyclic amines) is 1. The molecule has 156 valence electrons. The molecule has 1 aliphatic rings. The second kappa shape index (κ2) is 9.28. The van der Waals surface area contributed by atoms with Gasteiger partial charge in [-0.25, -0.2) is 0 Å². The van der Waals surface area contributed by atoms with Crippen molar-refractivity contribution in [3.8, 4) is 0 Å². The molecule has 1 saturated heterocycles. The van der Waals surface area contributed by atoms with Crippen molar-refractivity contribution in [2.45, 2.75) is 51.8 Å². The summed E-state index contributed by atoms with van der Waals surface area (Å²) in [5, 5.41) is 6.94. The van der Waals surface area contributed by atoms with E-state index in [4.69, 9.17) is 9.26 Å². The monoisotopic (exact) mass is 400 g/mol. The molecule has 8 nitrogen and oxygen atoms in total. The first-order valence-electron chi connectivity index (χ1n) is 9.86. The number of carbonyl (C=O) groups excluding carboxylic acids is 2. The van der Waals surface area contributed by atoms with E-state index in [-0.39, 0.29) is 29.6 Å². The van der Waals surface area contributed by atoms with Crippen LogP contribution in [0.15, 0.2) is 34.9 Å². The lowest BCUT2D eigenvalue weighted by molar-refractivity contribution is -0.130. The minimum Gasteiger partial charge on any atom is -0.375 e. The summed E-state index contributed by atoms with van der Waals surface area (Å²) in [6.45, 7) is 7.27. The molecule has 0 spiro atoms. The Morgan fingerprint density at radius 2 is 2.07 bits per heavy atom. The van der Waals surface area contributed by atoms with Gasteiger partial charge in [-0.2, -0.15) is 4.98 Å². The molecule has 1 aliphatic heterocycles. The highest BCUT2D eigenvalue weighted by Crippen LogP contribution is 2.20. The number of aromatic nitrogens is 2. The number of nitrogens with zero attached hydrogens (tertiary/aromatic N) is 3. The minimum absolute atomic E-state index is 0.0369. The highest BCUT2D eigenvalue weighted by Gasteiger charge is 2.36. The number of rotatable bonds is 9. The van der Waals surface area contributed by atoms with E-state index < -0.39 is 6.04 Å². The van der Waals surface area contributed by atoms with E-state index in [2.05, 4.69) is 15.5 Å². The SMILES string of the molecule is Cc1nc(C(=O)C2CCCN2C(=O)CNC(C)(C)COCc2ccccc2)no1. The molecule has 1 unspecified atom stereocenters. The normalized spacial score (nSPS) is 16.9. The fourth-order valence-corrected chi connectivity index (χ4v) is 3.35. The molecule has 1 amide bonds. The van der Waals surface area contributed by atoms with Crippen molar-refractivity contribution in [2.75, 3.05) is 19.7 Å². The molecule has 2 heterocycles. The van der Waals surface area contributed by atoms with Crippen molar-refractivity contribution in [1.29, 1.82) is 0 Å². The molecule has 0 aliphatic carbocycles. The molecule has 1 atom stereocenters. The van der Waals surface area contributed by atoms with Crippen LogP contribution in [-0.2, 0) is 16.1 Å². The first kappa shape index (κ1) is 21.1. The van der Waals surface area contributed by atoms with Crippen LogP contribution in [-0.4, -0.2) is 58.0 Å². The van der Waals surface area contributed by atoms with Crippen molar-refractivity contribution in [3.63, 3.8) is 0 Å². The second-order valence-electron chi connectivity index (χ2n) is 7.96. The largest absolute Gasteiger partial charge is 0.375 e. The first-order chi connectivity index (χ1) is 13.9. The summed E-state index contributed by atoms with van der Waals surface area (Å²) >= 11 is 0. The number of carbonyl (C=O) groups is 2. The predicted molar refractivity (Wildman–Crippen MR) is 106 cm³/mol. The summed E-state index contributed by atoms with van der Waals surface area (Å²) in [5.41, 5.74) is 0.726. The van der Waals surface area contributed by atoms with Gasteiger partial charge in [0.05, 0.1) is 25.8 Å². The lowest BCUT2D eigenvalue weighted by Gasteiger charge is -2.28. The standard InChI is InChI=1S/C21H28N4O4/c1-15-23-20(24-29-15)19(27)17-10-7-11-25(17)18(26)12-22-21(2,3)14-28-13-16-8-5-4-6-9-16/h4-6,8-9,17,22H,7,10-14H2,1-3H3. The van der Waals surface area contributed by atoms with E-state index in [1.54, 1.807) is 11.8 Å². The highest BCUT2D eigenvalue weighted by atomic mass is 16.5. The Hall–Kier alpha value is -2.58. The zero-order valence-electron chi connectivity index (χ0n) is 17.2. The third-order valence-corrected chi connectivity index (χ3v) is 4.92. The lowest BCUT2D eigenvalue weighted by Crippen LogP contribution is -2.51. The molecular weight excluding hydrogens is 372 g/mol. The number of aryl methyl sites for hydroxylation is 1. The second-order valence-corrected chi connectivity index (χ2v) is 7.96. The molecule has 0 saturated carbocycles. The van der Waals surface area contributed by atoms with Crippen LogP contribution in [0, 0.1) is 6.92 Å². The zero-order chi connectivity index (χ0) is 20.9. The lowest BCUT2D eigenvalue weighted by atomic mass is 10.1. The van der Waals surface area contributed by atoms with Gasteiger partial charge in [-0.1, -0.05) is 35.5 Å². The molecule has 0 bridgehead atoms. The number of ketones is 1. The zero-order valence-corrected chi connectivity index (χ0v) is 17.2. The van der Waals surface area contributed by atoms with Crippen LogP contribution in [0.4, 0.5) is 0 Å². The molecule has 1 fully saturated rings. The minimum atomic E-state index is -0.529. The Morgan fingerprint density at radius 1 is 1.31 bits per heavy atom. The predicted octanol–water partition coefficient (Wildman–Crippen LogP) is 2.14. The van der Waals surface area contributed by atoms with Gasteiger partial charge >= 0.3 is 0 Å². The number of hydrogen-bond acceptors (Lipinski definition) is 7. The van der Waals surface area contributed by atoms with Crippen LogP contribution in [0.1, 0.15) is 48.8 Å². The molecule has 1 aromatic heterocycles. The molecule has 8 heteroatoms. The van der Waals surface area contributed by atoms with Gasteiger partial charge < -0.3 is 19.5 Å². The fourth-order valence-electron chi connectivity index (χ4n) is 3.35. The van der Waals surface area contributed by atoms with Crippen LogP contribution < -0.4 is 5.32 Å². The van der Waals surface area contributed by atoms with Crippen molar-refractivity contribution in [3.05, 3.63) is 47.6 Å². The summed E-state index contributed by atoms with van der Waals surface area (Å²) in [4.78, 5) is 31.0. The quantitative estimate of drug-likeness (QED) is 0.644. The third kappa shape index (κ3) is 5.71. The third-order valence-electron chi connectivity index (χ3n) is 4.92. The van der Waals surface area contributed by atoms with E-state index >= 15 is 0 Å². The van der Waals surface area contributed by atoms with Crippen LogP contribution >= 0.6 is 0 Å². The van der Waals surface area contributed by atoms with Crippen LogP contribution in [0.3, 0.4) is 0 Å². The molecule has 2 aromatic rings. The maximum atomic E-state index is 12.7. The molecular formula is C21H28N4O4. The highest BCUT2D eigenvalue weighted by molar-refractivity contribution is 5.99.